The lowest BCUT2D eigenvalue weighted by Gasteiger charge is -2.32. The van der Waals surface area contributed by atoms with Gasteiger partial charge >= 0.3 is 0 Å². The van der Waals surface area contributed by atoms with Crippen molar-refractivity contribution < 1.29 is 17.9 Å². The van der Waals surface area contributed by atoms with Crippen LogP contribution < -0.4 is 14.4 Å². The van der Waals surface area contributed by atoms with Crippen molar-refractivity contribution in [2.45, 2.75) is 37.1 Å². The minimum Gasteiger partial charge on any atom is -0.493 e. The Hall–Kier alpha value is -2.39. The molecule has 0 saturated carbocycles. The number of benzene rings is 1. The molecule has 2 aromatic rings. The molecule has 0 spiro atoms. The average molecular weight is 390 g/mol. The number of piperidine rings is 1. The SMILES string of the molecule is Cc1cc(N2CCC[C@H](NS(=O)(=O)c3ccc4c(c3)CCO4)C2=O)n(C)n1. The van der Waals surface area contributed by atoms with E-state index < -0.39 is 16.1 Å². The van der Waals surface area contributed by atoms with Crippen LogP contribution in [-0.4, -0.2) is 43.3 Å². The molecule has 1 saturated heterocycles. The van der Waals surface area contributed by atoms with Gasteiger partial charge in [-0.25, -0.2) is 8.42 Å². The molecule has 1 aromatic heterocycles. The first-order valence-corrected chi connectivity index (χ1v) is 10.4. The zero-order chi connectivity index (χ0) is 19.2. The molecule has 0 unspecified atom stereocenters. The number of hydrogen-bond acceptors (Lipinski definition) is 5. The highest BCUT2D eigenvalue weighted by molar-refractivity contribution is 7.89. The second kappa shape index (κ2) is 6.65. The normalized spacial score (nSPS) is 19.9. The van der Waals surface area contributed by atoms with Gasteiger partial charge in [-0.05, 0) is 43.5 Å². The summed E-state index contributed by atoms with van der Waals surface area (Å²) in [6.45, 7) is 2.97. The molecule has 1 N–H and O–H groups in total. The van der Waals surface area contributed by atoms with E-state index in [0.717, 1.165) is 17.0 Å². The van der Waals surface area contributed by atoms with Crippen molar-refractivity contribution in [1.29, 1.82) is 0 Å². The van der Waals surface area contributed by atoms with Crippen LogP contribution in [0.3, 0.4) is 0 Å². The third-order valence-corrected chi connectivity index (χ3v) is 6.43. The quantitative estimate of drug-likeness (QED) is 0.845. The molecule has 3 heterocycles. The van der Waals surface area contributed by atoms with Crippen LogP contribution in [0.25, 0.3) is 0 Å². The zero-order valence-corrected chi connectivity index (χ0v) is 16.1. The van der Waals surface area contributed by atoms with E-state index in [1.807, 2.05) is 13.0 Å². The summed E-state index contributed by atoms with van der Waals surface area (Å²) in [5.41, 5.74) is 1.68. The van der Waals surface area contributed by atoms with Gasteiger partial charge < -0.3 is 4.74 Å². The summed E-state index contributed by atoms with van der Waals surface area (Å²) in [6.07, 6.45) is 1.87. The number of aromatic nitrogens is 2. The molecular weight excluding hydrogens is 368 g/mol. The smallest absolute Gasteiger partial charge is 0.246 e. The molecule has 4 rings (SSSR count). The van der Waals surface area contributed by atoms with Crippen molar-refractivity contribution in [1.82, 2.24) is 14.5 Å². The van der Waals surface area contributed by atoms with Crippen molar-refractivity contribution in [3.63, 3.8) is 0 Å². The van der Waals surface area contributed by atoms with Gasteiger partial charge in [0.15, 0.2) is 0 Å². The zero-order valence-electron chi connectivity index (χ0n) is 15.3. The first kappa shape index (κ1) is 18.0. The van der Waals surface area contributed by atoms with Crippen LogP contribution in [0.5, 0.6) is 5.75 Å². The van der Waals surface area contributed by atoms with Crippen LogP contribution in [0.15, 0.2) is 29.2 Å². The van der Waals surface area contributed by atoms with E-state index in [1.165, 1.54) is 6.07 Å². The van der Waals surface area contributed by atoms with Gasteiger partial charge in [0.2, 0.25) is 15.9 Å². The largest absolute Gasteiger partial charge is 0.493 e. The number of sulfonamides is 1. The lowest BCUT2D eigenvalue weighted by molar-refractivity contribution is -0.121. The third kappa shape index (κ3) is 3.32. The lowest BCUT2D eigenvalue weighted by Crippen LogP contribution is -2.52. The molecule has 1 atom stereocenters. The molecule has 144 valence electrons. The fourth-order valence-electron chi connectivity index (χ4n) is 3.65. The Labute approximate surface area is 158 Å². The van der Waals surface area contributed by atoms with Crippen LogP contribution in [-0.2, 0) is 28.3 Å². The van der Waals surface area contributed by atoms with E-state index in [0.29, 0.717) is 38.2 Å². The number of aryl methyl sites for hydroxylation is 2. The number of fused-ring (bicyclic) bond motifs is 1. The number of nitrogens with one attached hydrogen (secondary N) is 1. The van der Waals surface area contributed by atoms with Crippen LogP contribution in [0.2, 0.25) is 0 Å². The molecule has 1 fully saturated rings. The topological polar surface area (TPSA) is 93.5 Å². The number of amides is 1. The highest BCUT2D eigenvalue weighted by Gasteiger charge is 2.34. The number of carbonyl (C=O) groups is 1. The second-order valence-corrected chi connectivity index (χ2v) is 8.66. The minimum atomic E-state index is -3.80. The van der Waals surface area contributed by atoms with Crippen molar-refractivity contribution in [2.24, 2.45) is 7.05 Å². The van der Waals surface area contributed by atoms with Crippen molar-refractivity contribution >= 4 is 21.7 Å². The van der Waals surface area contributed by atoms with Crippen LogP contribution in [0.1, 0.15) is 24.1 Å². The van der Waals surface area contributed by atoms with E-state index in [9.17, 15) is 13.2 Å². The molecule has 1 amide bonds. The molecule has 1 aromatic carbocycles. The average Bonchev–Trinajstić information content (AvgIpc) is 3.21. The Morgan fingerprint density at radius 3 is 2.85 bits per heavy atom. The fraction of sp³-hybridized carbons (Fsp3) is 0.444. The van der Waals surface area contributed by atoms with E-state index in [2.05, 4.69) is 9.82 Å². The van der Waals surface area contributed by atoms with E-state index >= 15 is 0 Å². The molecule has 27 heavy (non-hydrogen) atoms. The standard InChI is InChI=1S/C18H22N4O4S/c1-12-10-17(21(2)19-12)22-8-3-4-15(18(22)23)20-27(24,25)14-5-6-16-13(11-14)7-9-26-16/h5-6,10-11,15,20H,3-4,7-9H2,1-2H3/t15-/m0/s1. The summed E-state index contributed by atoms with van der Waals surface area (Å²) in [6, 6.07) is 5.85. The van der Waals surface area contributed by atoms with Gasteiger partial charge in [0.25, 0.3) is 0 Å². The molecular formula is C18H22N4O4S. The summed E-state index contributed by atoms with van der Waals surface area (Å²) in [5.74, 6) is 1.15. The maximum absolute atomic E-state index is 12.9. The molecule has 0 radical (unpaired) electrons. The predicted octanol–water partition coefficient (Wildman–Crippen LogP) is 1.14. The number of nitrogens with zero attached hydrogens (tertiary/aromatic N) is 3. The summed E-state index contributed by atoms with van der Waals surface area (Å²) in [5, 5.41) is 4.27. The van der Waals surface area contributed by atoms with Crippen molar-refractivity contribution in [3.8, 4) is 5.75 Å². The van der Waals surface area contributed by atoms with Gasteiger partial charge in [-0.3, -0.25) is 14.4 Å². The maximum atomic E-state index is 12.9. The van der Waals surface area contributed by atoms with Gasteiger partial charge in [0.1, 0.15) is 17.6 Å². The molecule has 0 bridgehead atoms. The summed E-state index contributed by atoms with van der Waals surface area (Å²) in [4.78, 5) is 14.7. The number of hydrogen-bond donors (Lipinski definition) is 1. The molecule has 2 aliphatic rings. The summed E-state index contributed by atoms with van der Waals surface area (Å²) >= 11 is 0. The highest BCUT2D eigenvalue weighted by Crippen LogP contribution is 2.28. The minimum absolute atomic E-state index is 0.160. The Bertz CT molecular complexity index is 999. The summed E-state index contributed by atoms with van der Waals surface area (Å²) in [7, 11) is -2.03. The Morgan fingerprint density at radius 1 is 1.30 bits per heavy atom. The Morgan fingerprint density at radius 2 is 2.11 bits per heavy atom. The number of rotatable bonds is 4. The first-order chi connectivity index (χ1) is 12.8. The number of ether oxygens (including phenoxy) is 1. The highest BCUT2D eigenvalue weighted by atomic mass is 32.2. The molecule has 2 aliphatic heterocycles. The third-order valence-electron chi connectivity index (χ3n) is 4.96. The lowest BCUT2D eigenvalue weighted by atomic mass is 10.1. The Balaban J connectivity index is 1.56. The monoisotopic (exact) mass is 390 g/mol. The van der Waals surface area contributed by atoms with Crippen LogP contribution in [0.4, 0.5) is 5.82 Å². The van der Waals surface area contributed by atoms with E-state index in [-0.39, 0.29) is 10.8 Å². The van der Waals surface area contributed by atoms with E-state index in [4.69, 9.17) is 4.74 Å². The molecule has 8 nitrogen and oxygen atoms in total. The van der Waals surface area contributed by atoms with Crippen molar-refractivity contribution in [3.05, 3.63) is 35.5 Å². The van der Waals surface area contributed by atoms with Gasteiger partial charge in [-0.2, -0.15) is 9.82 Å². The first-order valence-electron chi connectivity index (χ1n) is 8.95. The van der Waals surface area contributed by atoms with Crippen LogP contribution in [0, 0.1) is 6.92 Å². The van der Waals surface area contributed by atoms with Crippen molar-refractivity contribution in [2.75, 3.05) is 18.1 Å². The maximum Gasteiger partial charge on any atom is 0.246 e. The fourth-order valence-corrected chi connectivity index (χ4v) is 4.92. The molecule has 9 heteroatoms. The number of anilines is 1. The predicted molar refractivity (Wildman–Crippen MR) is 99.3 cm³/mol. The summed E-state index contributed by atoms with van der Waals surface area (Å²) < 4.78 is 35.3. The second-order valence-electron chi connectivity index (χ2n) is 6.94. The van der Waals surface area contributed by atoms with E-state index in [1.54, 1.807) is 28.8 Å². The Kier molecular flexibility index (Phi) is 4.43. The molecule has 0 aliphatic carbocycles. The van der Waals surface area contributed by atoms with Gasteiger partial charge in [-0.15, -0.1) is 0 Å². The number of carbonyl (C=O) groups excluding carboxylic acids is 1. The van der Waals surface area contributed by atoms with Crippen LogP contribution >= 0.6 is 0 Å². The van der Waals surface area contributed by atoms with Gasteiger partial charge in [-0.1, -0.05) is 0 Å². The van der Waals surface area contributed by atoms with Gasteiger partial charge in [0, 0.05) is 26.1 Å². The van der Waals surface area contributed by atoms with Gasteiger partial charge in [0.05, 0.1) is 17.2 Å².